The van der Waals surface area contributed by atoms with Gasteiger partial charge in [-0.05, 0) is 6.07 Å². The van der Waals surface area contributed by atoms with Gasteiger partial charge in [-0.25, -0.2) is 4.39 Å². The number of pyridine rings is 1. The Balaban J connectivity index is 3.16. The lowest BCUT2D eigenvalue weighted by Gasteiger charge is -1.94. The van der Waals surface area contributed by atoms with Crippen molar-refractivity contribution in [2.24, 2.45) is 5.16 Å². The van der Waals surface area contributed by atoms with Crippen LogP contribution in [0.25, 0.3) is 0 Å². The molecule has 0 fully saturated rings. The van der Waals surface area contributed by atoms with Crippen LogP contribution in [-0.4, -0.2) is 16.4 Å². The zero-order valence-electron chi connectivity index (χ0n) is 5.33. The molecule has 58 valence electrons. The van der Waals surface area contributed by atoms with Gasteiger partial charge in [0.2, 0.25) is 0 Å². The van der Waals surface area contributed by atoms with Gasteiger partial charge in [0.25, 0.3) is 0 Å². The molecule has 1 aromatic heterocycles. The molecule has 0 amide bonds. The summed E-state index contributed by atoms with van der Waals surface area (Å²) >= 11 is 5.39. The highest BCUT2D eigenvalue weighted by Crippen LogP contribution is 2.13. The molecule has 3 nitrogen and oxygen atoms in total. The van der Waals surface area contributed by atoms with E-state index in [1.54, 1.807) is 0 Å². The fourth-order valence-corrected chi connectivity index (χ4v) is 0.733. The van der Waals surface area contributed by atoms with Crippen molar-refractivity contribution < 1.29 is 9.60 Å². The van der Waals surface area contributed by atoms with Gasteiger partial charge in [-0.3, -0.25) is 4.98 Å². The van der Waals surface area contributed by atoms with Crippen molar-refractivity contribution in [3.63, 3.8) is 0 Å². The van der Waals surface area contributed by atoms with Crippen LogP contribution < -0.4 is 0 Å². The molecular formula is C6H4ClFN2O. The molecule has 0 aromatic carbocycles. The lowest BCUT2D eigenvalue weighted by atomic mass is 10.3. The molecule has 0 aliphatic heterocycles. The van der Waals surface area contributed by atoms with Crippen molar-refractivity contribution in [3.05, 3.63) is 28.8 Å². The molecule has 0 aliphatic rings. The van der Waals surface area contributed by atoms with E-state index in [-0.39, 0.29) is 10.7 Å². The molecule has 11 heavy (non-hydrogen) atoms. The summed E-state index contributed by atoms with van der Waals surface area (Å²) in [5.41, 5.74) is -0.0833. The van der Waals surface area contributed by atoms with E-state index in [0.29, 0.717) is 0 Å². The maximum absolute atomic E-state index is 12.8. The summed E-state index contributed by atoms with van der Waals surface area (Å²) in [6, 6.07) is 1.31. The molecule has 1 aromatic rings. The minimum atomic E-state index is -0.688. The molecule has 5 heteroatoms. The van der Waals surface area contributed by atoms with E-state index in [4.69, 9.17) is 16.8 Å². The van der Waals surface area contributed by atoms with Crippen molar-refractivity contribution >= 4 is 17.8 Å². The second kappa shape index (κ2) is 3.30. The Labute approximate surface area is 67.1 Å². The molecule has 0 saturated carbocycles. The average Bonchev–Trinajstić information content (AvgIpc) is 1.99. The Morgan fingerprint density at radius 3 is 3.09 bits per heavy atom. The Bertz CT molecular complexity index is 290. The first-order valence-corrected chi connectivity index (χ1v) is 3.11. The van der Waals surface area contributed by atoms with Crippen molar-refractivity contribution in [2.75, 3.05) is 0 Å². The molecule has 0 atom stereocenters. The summed E-state index contributed by atoms with van der Waals surface area (Å²) in [6.07, 6.45) is 2.20. The third-order valence-electron chi connectivity index (χ3n) is 1.05. The van der Waals surface area contributed by atoms with Crippen LogP contribution >= 0.6 is 11.6 Å². The van der Waals surface area contributed by atoms with Gasteiger partial charge < -0.3 is 5.21 Å². The normalized spacial score (nSPS) is 10.7. The molecule has 0 spiro atoms. The van der Waals surface area contributed by atoms with Crippen LogP contribution in [-0.2, 0) is 0 Å². The van der Waals surface area contributed by atoms with Gasteiger partial charge in [0.1, 0.15) is 5.69 Å². The van der Waals surface area contributed by atoms with E-state index in [1.165, 1.54) is 12.3 Å². The summed E-state index contributed by atoms with van der Waals surface area (Å²) in [6.45, 7) is 0. The maximum Gasteiger partial charge on any atom is 0.169 e. The quantitative estimate of drug-likeness (QED) is 0.400. The van der Waals surface area contributed by atoms with E-state index in [1.807, 2.05) is 0 Å². The molecule has 0 aliphatic carbocycles. The van der Waals surface area contributed by atoms with Gasteiger partial charge in [0.15, 0.2) is 5.82 Å². The fraction of sp³-hybridized carbons (Fsp3) is 0. The molecule has 1 N–H and O–H groups in total. The number of aromatic nitrogens is 1. The topological polar surface area (TPSA) is 45.5 Å². The van der Waals surface area contributed by atoms with E-state index >= 15 is 0 Å². The SMILES string of the molecule is O/N=C/c1nccc(Cl)c1F. The first kappa shape index (κ1) is 7.94. The molecule has 0 radical (unpaired) electrons. The van der Waals surface area contributed by atoms with Gasteiger partial charge in [-0.1, -0.05) is 16.8 Å². The van der Waals surface area contributed by atoms with Crippen molar-refractivity contribution in [2.45, 2.75) is 0 Å². The first-order valence-electron chi connectivity index (χ1n) is 2.73. The van der Waals surface area contributed by atoms with Crippen LogP contribution in [0, 0.1) is 5.82 Å². The molecule has 0 saturated heterocycles. The molecule has 0 unspecified atom stereocenters. The Hall–Kier alpha value is -1.16. The average molecular weight is 175 g/mol. The third kappa shape index (κ3) is 1.65. The Morgan fingerprint density at radius 1 is 1.73 bits per heavy atom. The molecule has 1 rings (SSSR count). The highest BCUT2D eigenvalue weighted by Gasteiger charge is 2.04. The van der Waals surface area contributed by atoms with Crippen LogP contribution in [0.15, 0.2) is 17.4 Å². The van der Waals surface area contributed by atoms with Crippen LogP contribution in [0.2, 0.25) is 5.02 Å². The number of hydrogen-bond acceptors (Lipinski definition) is 3. The monoisotopic (exact) mass is 174 g/mol. The first-order chi connectivity index (χ1) is 5.25. The van der Waals surface area contributed by atoms with Gasteiger partial charge in [0, 0.05) is 6.20 Å². The van der Waals surface area contributed by atoms with Crippen LogP contribution in [0.3, 0.4) is 0 Å². The van der Waals surface area contributed by atoms with Crippen LogP contribution in [0.5, 0.6) is 0 Å². The molecule has 0 bridgehead atoms. The number of oxime groups is 1. The number of nitrogens with zero attached hydrogens (tertiary/aromatic N) is 2. The summed E-state index contributed by atoms with van der Waals surface area (Å²) in [5.74, 6) is -0.688. The number of halogens is 2. The Morgan fingerprint density at radius 2 is 2.45 bits per heavy atom. The lowest BCUT2D eigenvalue weighted by Crippen LogP contribution is -1.92. The third-order valence-corrected chi connectivity index (χ3v) is 1.34. The molecule has 1 heterocycles. The van der Waals surface area contributed by atoms with Crippen LogP contribution in [0.1, 0.15) is 5.69 Å². The van der Waals surface area contributed by atoms with Crippen molar-refractivity contribution in [1.29, 1.82) is 0 Å². The van der Waals surface area contributed by atoms with Gasteiger partial charge in [0.05, 0.1) is 11.2 Å². The largest absolute Gasteiger partial charge is 0.411 e. The smallest absolute Gasteiger partial charge is 0.169 e. The summed E-state index contributed by atoms with van der Waals surface area (Å²) in [5, 5.41) is 10.6. The van der Waals surface area contributed by atoms with E-state index < -0.39 is 5.82 Å². The van der Waals surface area contributed by atoms with E-state index in [9.17, 15) is 4.39 Å². The standard InChI is InChI=1S/C6H4ClFN2O/c7-4-1-2-9-5(3-10-11)6(4)8/h1-3,11H/b10-3+. The zero-order chi connectivity index (χ0) is 8.27. The lowest BCUT2D eigenvalue weighted by molar-refractivity contribution is 0.321. The number of hydrogen-bond donors (Lipinski definition) is 1. The van der Waals surface area contributed by atoms with Crippen molar-refractivity contribution in [3.8, 4) is 0 Å². The fourth-order valence-electron chi connectivity index (χ4n) is 0.580. The Kier molecular flexibility index (Phi) is 2.38. The zero-order valence-corrected chi connectivity index (χ0v) is 6.09. The summed E-state index contributed by atoms with van der Waals surface area (Å²) < 4.78 is 12.8. The van der Waals surface area contributed by atoms with Crippen molar-refractivity contribution in [1.82, 2.24) is 4.98 Å². The predicted molar refractivity (Wildman–Crippen MR) is 38.6 cm³/mol. The van der Waals surface area contributed by atoms with Gasteiger partial charge in [-0.2, -0.15) is 0 Å². The maximum atomic E-state index is 12.8. The highest BCUT2D eigenvalue weighted by atomic mass is 35.5. The minimum Gasteiger partial charge on any atom is -0.411 e. The van der Waals surface area contributed by atoms with E-state index in [2.05, 4.69) is 10.1 Å². The second-order valence-electron chi connectivity index (χ2n) is 1.74. The van der Waals surface area contributed by atoms with Gasteiger partial charge >= 0.3 is 0 Å². The summed E-state index contributed by atoms with van der Waals surface area (Å²) in [4.78, 5) is 3.56. The predicted octanol–water partition coefficient (Wildman–Crippen LogP) is 1.68. The van der Waals surface area contributed by atoms with E-state index in [0.717, 1.165) is 6.21 Å². The minimum absolute atomic E-state index is 0.0464. The second-order valence-corrected chi connectivity index (χ2v) is 2.14. The highest BCUT2D eigenvalue weighted by molar-refractivity contribution is 6.30. The number of rotatable bonds is 1. The van der Waals surface area contributed by atoms with Crippen LogP contribution in [0.4, 0.5) is 4.39 Å². The molecular weight excluding hydrogens is 171 g/mol. The summed E-state index contributed by atoms with van der Waals surface area (Å²) in [7, 11) is 0. The van der Waals surface area contributed by atoms with Gasteiger partial charge in [-0.15, -0.1) is 0 Å².